The molecule has 0 radical (unpaired) electrons. The molecule has 1 rings (SSSR count). The zero-order valence-electron chi connectivity index (χ0n) is 11.7. The molecule has 0 saturated heterocycles. The van der Waals surface area contributed by atoms with Gasteiger partial charge in [-0.05, 0) is 57.2 Å². The van der Waals surface area contributed by atoms with Gasteiger partial charge in [-0.15, -0.1) is 0 Å². The van der Waals surface area contributed by atoms with Crippen molar-refractivity contribution >= 4 is 0 Å². The maximum Gasteiger partial charge on any atom is 0.0637 e. The number of methoxy groups -OCH3 is 1. The molecule has 17 heavy (non-hydrogen) atoms. The predicted octanol–water partition coefficient (Wildman–Crippen LogP) is 2.99. The lowest BCUT2D eigenvalue weighted by molar-refractivity contribution is 0.0102. The van der Waals surface area contributed by atoms with Gasteiger partial charge in [0.05, 0.1) is 5.60 Å². The highest BCUT2D eigenvalue weighted by molar-refractivity contribution is 5.34. The first-order valence-corrected chi connectivity index (χ1v) is 6.21. The Morgan fingerprint density at radius 3 is 2.24 bits per heavy atom. The van der Waals surface area contributed by atoms with Gasteiger partial charge in [0, 0.05) is 13.2 Å². The normalized spacial score (nSPS) is 13.8. The van der Waals surface area contributed by atoms with E-state index in [2.05, 4.69) is 45.9 Å². The van der Waals surface area contributed by atoms with Crippen LogP contribution < -0.4 is 5.73 Å². The monoisotopic (exact) mass is 235 g/mol. The fourth-order valence-electron chi connectivity index (χ4n) is 2.22. The Morgan fingerprint density at radius 2 is 1.76 bits per heavy atom. The first-order valence-electron chi connectivity index (χ1n) is 6.21. The highest BCUT2D eigenvalue weighted by atomic mass is 16.5. The molecule has 1 atom stereocenters. The van der Waals surface area contributed by atoms with E-state index in [-0.39, 0.29) is 11.6 Å². The summed E-state index contributed by atoms with van der Waals surface area (Å²) in [6, 6.07) is 6.54. The second-order valence-corrected chi connectivity index (χ2v) is 5.50. The Hall–Kier alpha value is -0.860. The lowest BCUT2D eigenvalue weighted by atomic mass is 9.91. The zero-order valence-corrected chi connectivity index (χ0v) is 11.7. The molecule has 2 N–H and O–H groups in total. The molecule has 0 bridgehead atoms. The minimum Gasteiger partial charge on any atom is -0.379 e. The van der Waals surface area contributed by atoms with Crippen LogP contribution in [0.5, 0.6) is 0 Å². The molecule has 0 aromatic heterocycles. The number of hydrogen-bond acceptors (Lipinski definition) is 2. The molecule has 0 heterocycles. The topological polar surface area (TPSA) is 35.2 Å². The number of rotatable bonds is 5. The molecule has 0 aliphatic heterocycles. The molecule has 0 aliphatic carbocycles. The van der Waals surface area contributed by atoms with Crippen molar-refractivity contribution < 1.29 is 4.74 Å². The lowest BCUT2D eigenvalue weighted by Crippen LogP contribution is -2.35. The SMILES string of the molecule is COC(C)(C)CC(N)Cc1c(C)cccc1C. The van der Waals surface area contributed by atoms with Crippen LogP contribution in [0.1, 0.15) is 37.0 Å². The molecule has 0 aliphatic rings. The van der Waals surface area contributed by atoms with Crippen LogP contribution in [0.15, 0.2) is 18.2 Å². The summed E-state index contributed by atoms with van der Waals surface area (Å²) in [5, 5.41) is 0. The van der Waals surface area contributed by atoms with E-state index in [1.807, 2.05) is 0 Å². The van der Waals surface area contributed by atoms with E-state index < -0.39 is 0 Å². The van der Waals surface area contributed by atoms with E-state index in [0.717, 1.165) is 12.8 Å². The van der Waals surface area contributed by atoms with Crippen LogP contribution in [-0.2, 0) is 11.2 Å². The van der Waals surface area contributed by atoms with E-state index in [1.54, 1.807) is 7.11 Å². The third-order valence-electron chi connectivity index (χ3n) is 3.42. The van der Waals surface area contributed by atoms with Gasteiger partial charge in [-0.1, -0.05) is 18.2 Å². The molecule has 0 spiro atoms. The van der Waals surface area contributed by atoms with Gasteiger partial charge in [-0.3, -0.25) is 0 Å². The second-order valence-electron chi connectivity index (χ2n) is 5.50. The van der Waals surface area contributed by atoms with Crippen LogP contribution in [0, 0.1) is 13.8 Å². The number of ether oxygens (including phenoxy) is 1. The van der Waals surface area contributed by atoms with Crippen LogP contribution in [0.4, 0.5) is 0 Å². The maximum atomic E-state index is 6.23. The van der Waals surface area contributed by atoms with Crippen molar-refractivity contribution in [3.63, 3.8) is 0 Å². The van der Waals surface area contributed by atoms with Crippen molar-refractivity contribution in [2.24, 2.45) is 5.73 Å². The molecule has 2 heteroatoms. The smallest absolute Gasteiger partial charge is 0.0637 e. The largest absolute Gasteiger partial charge is 0.379 e. The van der Waals surface area contributed by atoms with E-state index in [4.69, 9.17) is 10.5 Å². The van der Waals surface area contributed by atoms with Gasteiger partial charge in [-0.25, -0.2) is 0 Å². The van der Waals surface area contributed by atoms with Crippen LogP contribution in [0.2, 0.25) is 0 Å². The average molecular weight is 235 g/mol. The standard InChI is InChI=1S/C15H25NO/c1-11-7-6-8-12(2)14(11)9-13(16)10-15(3,4)17-5/h6-8,13H,9-10,16H2,1-5H3. The Bertz CT molecular complexity index is 351. The molecule has 1 aromatic rings. The van der Waals surface area contributed by atoms with Crippen molar-refractivity contribution in [3.8, 4) is 0 Å². The summed E-state index contributed by atoms with van der Waals surface area (Å²) in [7, 11) is 1.74. The van der Waals surface area contributed by atoms with Crippen LogP contribution >= 0.6 is 0 Å². The van der Waals surface area contributed by atoms with Crippen LogP contribution in [-0.4, -0.2) is 18.8 Å². The second kappa shape index (κ2) is 5.65. The molecule has 1 aromatic carbocycles. The molecule has 96 valence electrons. The fourth-order valence-corrected chi connectivity index (χ4v) is 2.22. The first-order chi connectivity index (χ1) is 7.85. The maximum absolute atomic E-state index is 6.23. The Kier molecular flexibility index (Phi) is 4.72. The fraction of sp³-hybridized carbons (Fsp3) is 0.600. The molecule has 0 saturated carbocycles. The molecule has 0 fully saturated rings. The van der Waals surface area contributed by atoms with E-state index in [1.165, 1.54) is 16.7 Å². The lowest BCUT2D eigenvalue weighted by Gasteiger charge is -2.27. The van der Waals surface area contributed by atoms with Gasteiger partial charge < -0.3 is 10.5 Å². The minimum atomic E-state index is -0.143. The highest BCUT2D eigenvalue weighted by Crippen LogP contribution is 2.20. The van der Waals surface area contributed by atoms with Crippen molar-refractivity contribution in [2.75, 3.05) is 7.11 Å². The van der Waals surface area contributed by atoms with Gasteiger partial charge in [0.2, 0.25) is 0 Å². The van der Waals surface area contributed by atoms with Crippen LogP contribution in [0.25, 0.3) is 0 Å². The minimum absolute atomic E-state index is 0.143. The number of benzene rings is 1. The first kappa shape index (κ1) is 14.2. The van der Waals surface area contributed by atoms with Crippen molar-refractivity contribution in [1.82, 2.24) is 0 Å². The molecular weight excluding hydrogens is 210 g/mol. The third kappa shape index (κ3) is 4.14. The average Bonchev–Trinajstić information content (AvgIpc) is 2.23. The Balaban J connectivity index is 2.72. The highest BCUT2D eigenvalue weighted by Gasteiger charge is 2.21. The molecule has 2 nitrogen and oxygen atoms in total. The number of nitrogens with two attached hydrogens (primary N) is 1. The summed E-state index contributed by atoms with van der Waals surface area (Å²) in [5.74, 6) is 0. The quantitative estimate of drug-likeness (QED) is 0.851. The van der Waals surface area contributed by atoms with E-state index in [0.29, 0.717) is 0 Å². The van der Waals surface area contributed by atoms with Gasteiger partial charge in [0.25, 0.3) is 0 Å². The van der Waals surface area contributed by atoms with Crippen molar-refractivity contribution in [1.29, 1.82) is 0 Å². The molecule has 1 unspecified atom stereocenters. The van der Waals surface area contributed by atoms with Crippen LogP contribution in [0.3, 0.4) is 0 Å². The third-order valence-corrected chi connectivity index (χ3v) is 3.42. The summed E-state index contributed by atoms with van der Waals surface area (Å²) in [5.41, 5.74) is 10.1. The van der Waals surface area contributed by atoms with Gasteiger partial charge in [0.1, 0.15) is 0 Å². The van der Waals surface area contributed by atoms with Gasteiger partial charge in [0.15, 0.2) is 0 Å². The van der Waals surface area contributed by atoms with Crippen molar-refractivity contribution in [2.45, 2.75) is 52.2 Å². The van der Waals surface area contributed by atoms with Gasteiger partial charge in [-0.2, -0.15) is 0 Å². The van der Waals surface area contributed by atoms with Gasteiger partial charge >= 0.3 is 0 Å². The Morgan fingerprint density at radius 1 is 1.24 bits per heavy atom. The molecular formula is C15H25NO. The van der Waals surface area contributed by atoms with E-state index >= 15 is 0 Å². The van der Waals surface area contributed by atoms with E-state index in [9.17, 15) is 0 Å². The summed E-state index contributed by atoms with van der Waals surface area (Å²) in [6.45, 7) is 8.46. The van der Waals surface area contributed by atoms with Crippen molar-refractivity contribution in [3.05, 3.63) is 34.9 Å². The Labute approximate surface area is 105 Å². The zero-order chi connectivity index (χ0) is 13.1. The number of aryl methyl sites for hydroxylation is 2. The molecule has 0 amide bonds. The summed E-state index contributed by atoms with van der Waals surface area (Å²) < 4.78 is 5.43. The summed E-state index contributed by atoms with van der Waals surface area (Å²) in [6.07, 6.45) is 1.79. The predicted molar refractivity (Wildman–Crippen MR) is 73.3 cm³/mol. The summed E-state index contributed by atoms with van der Waals surface area (Å²) in [4.78, 5) is 0. The number of hydrogen-bond donors (Lipinski definition) is 1. The summed E-state index contributed by atoms with van der Waals surface area (Å²) >= 11 is 0.